The summed E-state index contributed by atoms with van der Waals surface area (Å²) in [6.07, 6.45) is 0. The molecule has 0 fully saturated rings. The van der Waals surface area contributed by atoms with Crippen LogP contribution in [0.2, 0.25) is 0 Å². The average molecular weight is 260 g/mol. The minimum absolute atomic E-state index is 0.00284. The normalized spacial score (nSPS) is 9.78. The summed E-state index contributed by atoms with van der Waals surface area (Å²) in [5.74, 6) is 0. The molecule has 6 heteroatoms. The monoisotopic (exact) mass is 260 g/mol. The van der Waals surface area contributed by atoms with Gasteiger partial charge in [-0.15, -0.1) is 0 Å². The predicted molar refractivity (Wildman–Crippen MR) is 76.0 cm³/mol. The fraction of sp³-hybridized carbons (Fsp3) is 0. The van der Waals surface area contributed by atoms with Gasteiger partial charge in [-0.05, 0) is 23.7 Å². The Balaban J connectivity index is 2.16. The summed E-state index contributed by atoms with van der Waals surface area (Å²) in [6, 6.07) is 13.0. The molecule has 5 nitrogen and oxygen atoms in total. The molecule has 0 heterocycles. The van der Waals surface area contributed by atoms with E-state index in [4.69, 9.17) is 5.73 Å². The van der Waals surface area contributed by atoms with Gasteiger partial charge in [-0.25, -0.2) is 10.2 Å². The summed E-state index contributed by atoms with van der Waals surface area (Å²) in [7, 11) is 0. The van der Waals surface area contributed by atoms with E-state index in [-0.39, 0.29) is 5.11 Å². The minimum Gasteiger partial charge on any atom is -0.375 e. The summed E-state index contributed by atoms with van der Waals surface area (Å²) in [5.41, 5.74) is 10.6. The van der Waals surface area contributed by atoms with Gasteiger partial charge in [0.15, 0.2) is 5.11 Å². The van der Waals surface area contributed by atoms with Crippen LogP contribution in [0.4, 0.5) is 10.5 Å². The van der Waals surface area contributed by atoms with Gasteiger partial charge in [-0.1, -0.05) is 36.4 Å². The van der Waals surface area contributed by atoms with Crippen molar-refractivity contribution in [2.45, 2.75) is 0 Å². The second-order valence-corrected chi connectivity index (χ2v) is 4.03. The summed E-state index contributed by atoms with van der Waals surface area (Å²) < 4.78 is 0. The van der Waals surface area contributed by atoms with Gasteiger partial charge in [-0.3, -0.25) is 5.43 Å². The Morgan fingerprint density at radius 3 is 2.56 bits per heavy atom. The molecule has 0 atom stereocenters. The van der Waals surface area contributed by atoms with Crippen LogP contribution in [0.15, 0.2) is 42.5 Å². The Kier molecular flexibility index (Phi) is 3.59. The lowest BCUT2D eigenvalue weighted by molar-refractivity contribution is 0.250. The van der Waals surface area contributed by atoms with Gasteiger partial charge in [0.25, 0.3) is 0 Å². The van der Waals surface area contributed by atoms with Crippen molar-refractivity contribution in [3.63, 3.8) is 0 Å². The maximum Gasteiger partial charge on any atom is 0.337 e. The van der Waals surface area contributed by atoms with Gasteiger partial charge in [0.05, 0.1) is 5.69 Å². The first-order chi connectivity index (χ1) is 8.66. The third-order valence-corrected chi connectivity index (χ3v) is 2.44. The van der Waals surface area contributed by atoms with Gasteiger partial charge < -0.3 is 11.1 Å². The number of hydrazine groups is 1. The SMILES string of the molecule is NC(=S)NNC(=O)Nc1cccc2ccccc12. The zero-order valence-corrected chi connectivity index (χ0v) is 10.3. The minimum atomic E-state index is -0.431. The Hall–Kier alpha value is -2.34. The van der Waals surface area contributed by atoms with Crippen LogP contribution in [0.1, 0.15) is 0 Å². The molecule has 18 heavy (non-hydrogen) atoms. The lowest BCUT2D eigenvalue weighted by Gasteiger charge is -2.10. The number of nitrogens with two attached hydrogens (primary N) is 1. The molecule has 0 aliphatic heterocycles. The number of rotatable bonds is 1. The molecule has 0 saturated carbocycles. The standard InChI is InChI=1S/C12H12N4OS/c13-11(18)15-16-12(17)14-10-7-3-5-8-4-1-2-6-9(8)10/h1-7H,(H3,13,15,18)(H2,14,16,17). The second-order valence-electron chi connectivity index (χ2n) is 3.60. The molecule has 0 bridgehead atoms. The molecule has 92 valence electrons. The van der Waals surface area contributed by atoms with Gasteiger partial charge in [0, 0.05) is 5.39 Å². The van der Waals surface area contributed by atoms with Crippen LogP contribution in [-0.2, 0) is 0 Å². The number of hydrogen-bond acceptors (Lipinski definition) is 2. The van der Waals surface area contributed by atoms with Crippen LogP contribution < -0.4 is 21.9 Å². The highest BCUT2D eigenvalue weighted by molar-refractivity contribution is 7.80. The molecule has 2 amide bonds. The van der Waals surface area contributed by atoms with Crippen LogP contribution in [0.5, 0.6) is 0 Å². The smallest absolute Gasteiger partial charge is 0.337 e. The number of benzene rings is 2. The molecule has 0 aromatic heterocycles. The van der Waals surface area contributed by atoms with Gasteiger partial charge >= 0.3 is 6.03 Å². The van der Waals surface area contributed by atoms with Gasteiger partial charge in [0.1, 0.15) is 0 Å². The van der Waals surface area contributed by atoms with E-state index in [0.717, 1.165) is 16.5 Å². The van der Waals surface area contributed by atoms with E-state index in [0.29, 0.717) is 0 Å². The van der Waals surface area contributed by atoms with E-state index in [2.05, 4.69) is 28.4 Å². The van der Waals surface area contributed by atoms with Crippen LogP contribution in [0, 0.1) is 0 Å². The van der Waals surface area contributed by atoms with Crippen LogP contribution >= 0.6 is 12.2 Å². The number of amides is 2. The third kappa shape index (κ3) is 2.86. The van der Waals surface area contributed by atoms with Crippen molar-refractivity contribution in [1.82, 2.24) is 10.9 Å². The fourth-order valence-corrected chi connectivity index (χ4v) is 1.66. The zero-order chi connectivity index (χ0) is 13.0. The number of urea groups is 1. The second kappa shape index (κ2) is 5.33. The maximum absolute atomic E-state index is 11.6. The number of fused-ring (bicyclic) bond motifs is 1. The molecular formula is C12H12N4OS. The first-order valence-electron chi connectivity index (χ1n) is 5.27. The predicted octanol–water partition coefficient (Wildman–Crippen LogP) is 1.71. The molecule has 0 saturated heterocycles. The number of hydrogen-bond donors (Lipinski definition) is 4. The van der Waals surface area contributed by atoms with E-state index in [9.17, 15) is 4.79 Å². The zero-order valence-electron chi connectivity index (χ0n) is 9.44. The highest BCUT2D eigenvalue weighted by atomic mass is 32.1. The summed E-state index contributed by atoms with van der Waals surface area (Å²) in [5, 5.41) is 4.73. The summed E-state index contributed by atoms with van der Waals surface area (Å²) >= 11 is 4.58. The number of carbonyl (C=O) groups is 1. The highest BCUT2D eigenvalue weighted by Crippen LogP contribution is 2.22. The van der Waals surface area contributed by atoms with Crippen molar-refractivity contribution >= 4 is 39.8 Å². The molecule has 2 aromatic carbocycles. The van der Waals surface area contributed by atoms with Crippen LogP contribution in [-0.4, -0.2) is 11.1 Å². The molecule has 0 unspecified atom stereocenters. The molecular weight excluding hydrogens is 248 g/mol. The maximum atomic E-state index is 11.6. The average Bonchev–Trinajstić information content (AvgIpc) is 2.37. The van der Waals surface area contributed by atoms with Crippen molar-refractivity contribution in [1.29, 1.82) is 0 Å². The Bertz CT molecular complexity index is 594. The number of carbonyl (C=O) groups excluding carboxylic acids is 1. The van der Waals surface area contributed by atoms with E-state index in [1.54, 1.807) is 0 Å². The summed E-state index contributed by atoms with van der Waals surface area (Å²) in [6.45, 7) is 0. The van der Waals surface area contributed by atoms with E-state index >= 15 is 0 Å². The van der Waals surface area contributed by atoms with Crippen LogP contribution in [0.25, 0.3) is 10.8 Å². The lowest BCUT2D eigenvalue weighted by Crippen LogP contribution is -2.46. The van der Waals surface area contributed by atoms with Crippen LogP contribution in [0.3, 0.4) is 0 Å². The van der Waals surface area contributed by atoms with Crippen molar-refractivity contribution in [2.75, 3.05) is 5.32 Å². The van der Waals surface area contributed by atoms with Crippen molar-refractivity contribution in [2.24, 2.45) is 5.73 Å². The topological polar surface area (TPSA) is 79.2 Å². The van der Waals surface area contributed by atoms with Gasteiger partial charge in [0.2, 0.25) is 0 Å². The first-order valence-corrected chi connectivity index (χ1v) is 5.68. The Morgan fingerprint density at radius 2 is 1.78 bits per heavy atom. The Labute approximate surface area is 109 Å². The lowest BCUT2D eigenvalue weighted by atomic mass is 10.1. The number of anilines is 1. The van der Waals surface area contributed by atoms with Crippen molar-refractivity contribution in [3.05, 3.63) is 42.5 Å². The highest BCUT2D eigenvalue weighted by Gasteiger charge is 2.04. The third-order valence-electron chi connectivity index (χ3n) is 2.34. The number of thiocarbonyl (C=S) groups is 1. The molecule has 0 spiro atoms. The van der Waals surface area contributed by atoms with Gasteiger partial charge in [-0.2, -0.15) is 0 Å². The largest absolute Gasteiger partial charge is 0.375 e. The fourth-order valence-electron chi connectivity index (χ4n) is 1.61. The number of nitrogens with one attached hydrogen (secondary N) is 3. The molecule has 2 rings (SSSR count). The van der Waals surface area contributed by atoms with E-state index in [1.165, 1.54) is 0 Å². The molecule has 5 N–H and O–H groups in total. The molecule has 0 radical (unpaired) electrons. The molecule has 0 aliphatic carbocycles. The Morgan fingerprint density at radius 1 is 1.06 bits per heavy atom. The first kappa shape index (κ1) is 12.1. The molecule has 2 aromatic rings. The summed E-state index contributed by atoms with van der Waals surface area (Å²) in [4.78, 5) is 11.6. The van der Waals surface area contributed by atoms with Crippen molar-refractivity contribution in [3.8, 4) is 0 Å². The quantitative estimate of drug-likeness (QED) is 0.465. The van der Waals surface area contributed by atoms with E-state index in [1.807, 2.05) is 42.5 Å². The van der Waals surface area contributed by atoms with E-state index < -0.39 is 6.03 Å². The molecule has 0 aliphatic rings. The van der Waals surface area contributed by atoms with Crippen molar-refractivity contribution < 1.29 is 4.79 Å².